The zero-order chi connectivity index (χ0) is 20.3. The standard InChI is InChI=1S/C19H24F3N5O/c1-12(2)28-16-5-4-13(10-15(16)19(20,21)22)25-18-24-9-7-17(26-18)27(3)14-6-8-23-11-14/h4-5,7,9-10,12,14,23H,6,8,11H2,1-3H3,(H,24,25,26). The fraction of sp³-hybridized carbons (Fsp3) is 0.474. The maximum absolute atomic E-state index is 13.4. The SMILES string of the molecule is CC(C)Oc1ccc(Nc2nccc(N(C)C3CCNC3)n2)cc1C(F)(F)F. The van der Waals surface area contributed by atoms with E-state index < -0.39 is 11.7 Å². The molecule has 0 saturated carbocycles. The van der Waals surface area contributed by atoms with Crippen molar-refractivity contribution < 1.29 is 17.9 Å². The highest BCUT2D eigenvalue weighted by Crippen LogP contribution is 2.38. The summed E-state index contributed by atoms with van der Waals surface area (Å²) >= 11 is 0. The molecule has 1 unspecified atom stereocenters. The Morgan fingerprint density at radius 2 is 2.07 bits per heavy atom. The zero-order valence-corrected chi connectivity index (χ0v) is 16.0. The van der Waals surface area contributed by atoms with Crippen molar-refractivity contribution in [3.63, 3.8) is 0 Å². The Kier molecular flexibility index (Phi) is 5.93. The average molecular weight is 395 g/mol. The molecular formula is C19H24F3N5O. The molecule has 9 heteroatoms. The van der Waals surface area contributed by atoms with Gasteiger partial charge < -0.3 is 20.3 Å². The summed E-state index contributed by atoms with van der Waals surface area (Å²) in [6.45, 7) is 5.19. The monoisotopic (exact) mass is 395 g/mol. The number of benzene rings is 1. The van der Waals surface area contributed by atoms with E-state index in [4.69, 9.17) is 4.74 Å². The quantitative estimate of drug-likeness (QED) is 0.775. The molecule has 2 N–H and O–H groups in total. The zero-order valence-electron chi connectivity index (χ0n) is 16.0. The topological polar surface area (TPSA) is 62.3 Å². The smallest absolute Gasteiger partial charge is 0.420 e. The van der Waals surface area contributed by atoms with Crippen LogP contribution in [-0.2, 0) is 6.18 Å². The molecule has 2 heterocycles. The normalized spacial score (nSPS) is 17.0. The Morgan fingerprint density at radius 1 is 1.29 bits per heavy atom. The Balaban J connectivity index is 1.82. The van der Waals surface area contributed by atoms with E-state index in [-0.39, 0.29) is 23.5 Å². The van der Waals surface area contributed by atoms with Gasteiger partial charge in [0.2, 0.25) is 5.95 Å². The van der Waals surface area contributed by atoms with Gasteiger partial charge in [-0.25, -0.2) is 4.98 Å². The molecule has 1 saturated heterocycles. The first-order valence-electron chi connectivity index (χ1n) is 9.15. The molecule has 28 heavy (non-hydrogen) atoms. The van der Waals surface area contributed by atoms with Crippen molar-refractivity contribution in [1.29, 1.82) is 0 Å². The van der Waals surface area contributed by atoms with E-state index in [1.54, 1.807) is 26.1 Å². The van der Waals surface area contributed by atoms with Gasteiger partial charge in [-0.15, -0.1) is 0 Å². The number of nitrogens with one attached hydrogen (secondary N) is 2. The fourth-order valence-corrected chi connectivity index (χ4v) is 3.08. The van der Waals surface area contributed by atoms with E-state index in [2.05, 4.69) is 20.6 Å². The van der Waals surface area contributed by atoms with E-state index in [1.165, 1.54) is 12.1 Å². The van der Waals surface area contributed by atoms with Gasteiger partial charge >= 0.3 is 6.18 Å². The van der Waals surface area contributed by atoms with Crippen molar-refractivity contribution in [3.8, 4) is 5.75 Å². The molecule has 0 amide bonds. The molecule has 6 nitrogen and oxygen atoms in total. The number of alkyl halides is 3. The maximum Gasteiger partial charge on any atom is 0.420 e. The number of likely N-dealkylation sites (N-methyl/N-ethyl adjacent to an activating group) is 1. The number of nitrogens with zero attached hydrogens (tertiary/aromatic N) is 3. The van der Waals surface area contributed by atoms with Crippen molar-refractivity contribution in [2.24, 2.45) is 0 Å². The summed E-state index contributed by atoms with van der Waals surface area (Å²) in [4.78, 5) is 10.6. The lowest BCUT2D eigenvalue weighted by atomic mass is 10.1. The van der Waals surface area contributed by atoms with Gasteiger partial charge in [0.25, 0.3) is 0 Å². The summed E-state index contributed by atoms with van der Waals surface area (Å²) < 4.78 is 45.5. The fourth-order valence-electron chi connectivity index (χ4n) is 3.08. The number of rotatable bonds is 6. The summed E-state index contributed by atoms with van der Waals surface area (Å²) in [5.74, 6) is 0.749. The lowest BCUT2D eigenvalue weighted by Crippen LogP contribution is -2.34. The lowest BCUT2D eigenvalue weighted by molar-refractivity contribution is -0.139. The molecular weight excluding hydrogens is 371 g/mol. The second kappa shape index (κ2) is 8.22. The van der Waals surface area contributed by atoms with Crippen LogP contribution in [0.1, 0.15) is 25.8 Å². The minimum atomic E-state index is -4.53. The van der Waals surface area contributed by atoms with Crippen molar-refractivity contribution in [2.45, 2.75) is 38.6 Å². The summed E-state index contributed by atoms with van der Waals surface area (Å²) in [5.41, 5.74) is -0.595. The van der Waals surface area contributed by atoms with Crippen LogP contribution in [0.5, 0.6) is 5.75 Å². The number of aromatic nitrogens is 2. The van der Waals surface area contributed by atoms with Crippen molar-refractivity contribution in [3.05, 3.63) is 36.0 Å². The van der Waals surface area contributed by atoms with Gasteiger partial charge in [-0.3, -0.25) is 0 Å². The Labute approximate surface area is 162 Å². The minimum absolute atomic E-state index is 0.198. The summed E-state index contributed by atoms with van der Waals surface area (Å²) in [6, 6.07) is 5.95. The van der Waals surface area contributed by atoms with Crippen LogP contribution in [-0.4, -0.2) is 42.3 Å². The number of hydrogen-bond donors (Lipinski definition) is 2. The number of anilines is 3. The largest absolute Gasteiger partial charge is 0.490 e. The van der Waals surface area contributed by atoms with E-state index in [9.17, 15) is 13.2 Å². The van der Waals surface area contributed by atoms with Crippen LogP contribution in [0.4, 0.5) is 30.6 Å². The van der Waals surface area contributed by atoms with Gasteiger partial charge in [-0.1, -0.05) is 0 Å². The van der Waals surface area contributed by atoms with Crippen molar-refractivity contribution in [1.82, 2.24) is 15.3 Å². The van der Waals surface area contributed by atoms with Crippen LogP contribution >= 0.6 is 0 Å². The molecule has 1 aliphatic heterocycles. The third-order valence-corrected chi connectivity index (χ3v) is 4.49. The number of hydrogen-bond acceptors (Lipinski definition) is 6. The second-order valence-electron chi connectivity index (χ2n) is 7.00. The van der Waals surface area contributed by atoms with Crippen molar-refractivity contribution >= 4 is 17.5 Å². The van der Waals surface area contributed by atoms with E-state index >= 15 is 0 Å². The molecule has 152 valence electrons. The highest BCUT2D eigenvalue weighted by molar-refractivity contribution is 5.59. The highest BCUT2D eigenvalue weighted by atomic mass is 19.4. The van der Waals surface area contributed by atoms with Gasteiger partial charge in [0.15, 0.2) is 0 Å². The third-order valence-electron chi connectivity index (χ3n) is 4.49. The predicted molar refractivity (Wildman–Crippen MR) is 102 cm³/mol. The first-order chi connectivity index (χ1) is 13.2. The van der Waals surface area contributed by atoms with E-state index in [1.807, 2.05) is 11.9 Å². The Hall–Kier alpha value is -2.55. The molecule has 1 aromatic carbocycles. The molecule has 0 aliphatic carbocycles. The number of ether oxygens (including phenoxy) is 1. The molecule has 0 spiro atoms. The molecule has 1 aromatic heterocycles. The van der Waals surface area contributed by atoms with Crippen LogP contribution < -0.4 is 20.3 Å². The maximum atomic E-state index is 13.4. The van der Waals surface area contributed by atoms with Gasteiger partial charge in [-0.05, 0) is 51.1 Å². The van der Waals surface area contributed by atoms with Crippen LogP contribution in [0.15, 0.2) is 30.5 Å². The minimum Gasteiger partial charge on any atom is -0.490 e. The highest BCUT2D eigenvalue weighted by Gasteiger charge is 2.35. The van der Waals surface area contributed by atoms with Gasteiger partial charge in [0.05, 0.1) is 11.7 Å². The van der Waals surface area contributed by atoms with Gasteiger partial charge in [0.1, 0.15) is 11.6 Å². The first kappa shape index (κ1) is 20.2. The van der Waals surface area contributed by atoms with Crippen molar-refractivity contribution in [2.75, 3.05) is 30.4 Å². The first-order valence-corrected chi connectivity index (χ1v) is 9.15. The van der Waals surface area contributed by atoms with Crippen LogP contribution in [0, 0.1) is 0 Å². The average Bonchev–Trinajstić information content (AvgIpc) is 3.16. The lowest BCUT2D eigenvalue weighted by Gasteiger charge is -2.25. The second-order valence-corrected chi connectivity index (χ2v) is 7.00. The third kappa shape index (κ3) is 4.83. The van der Waals surface area contributed by atoms with E-state index in [0.717, 1.165) is 25.6 Å². The van der Waals surface area contributed by atoms with Gasteiger partial charge in [0, 0.05) is 31.5 Å². The Bertz CT molecular complexity index is 806. The number of halogens is 3. The molecule has 0 bridgehead atoms. The Morgan fingerprint density at radius 3 is 2.71 bits per heavy atom. The summed E-state index contributed by atoms with van der Waals surface area (Å²) in [7, 11) is 1.95. The summed E-state index contributed by atoms with van der Waals surface area (Å²) in [6.07, 6.45) is -2.29. The van der Waals surface area contributed by atoms with Crippen LogP contribution in [0.25, 0.3) is 0 Å². The molecule has 3 rings (SSSR count). The molecule has 1 fully saturated rings. The van der Waals surface area contributed by atoms with Gasteiger partial charge in [-0.2, -0.15) is 18.2 Å². The van der Waals surface area contributed by atoms with E-state index in [0.29, 0.717) is 11.9 Å². The van der Waals surface area contributed by atoms with Crippen LogP contribution in [0.2, 0.25) is 0 Å². The summed E-state index contributed by atoms with van der Waals surface area (Å²) in [5, 5.41) is 6.16. The molecule has 2 aromatic rings. The predicted octanol–water partition coefficient (Wildman–Crippen LogP) is 3.82. The molecule has 1 aliphatic rings. The molecule has 1 atom stereocenters. The molecule has 0 radical (unpaired) electrons. The van der Waals surface area contributed by atoms with Crippen LogP contribution in [0.3, 0.4) is 0 Å².